The molecular formula is C27H38N2O3. The Labute approximate surface area is 193 Å². The molecule has 32 heavy (non-hydrogen) atoms. The van der Waals surface area contributed by atoms with E-state index >= 15 is 0 Å². The van der Waals surface area contributed by atoms with Gasteiger partial charge in [-0.2, -0.15) is 0 Å². The number of hydrogen-bond acceptors (Lipinski definition) is 3. The lowest BCUT2D eigenvalue weighted by molar-refractivity contribution is -0.142. The number of unbranched alkanes of at least 4 members (excludes halogenated alkanes) is 1. The van der Waals surface area contributed by atoms with Crippen molar-refractivity contribution in [1.29, 1.82) is 0 Å². The van der Waals surface area contributed by atoms with Crippen molar-refractivity contribution < 1.29 is 14.3 Å². The van der Waals surface area contributed by atoms with Gasteiger partial charge in [-0.1, -0.05) is 56.7 Å². The maximum atomic E-state index is 13.3. The smallest absolute Gasteiger partial charge is 0.261 e. The molecule has 2 rings (SSSR count). The SMILES string of the molecule is CCCCNC(=O)C(CC)N(CCc1ccccc1)C(=O)COc1cc(C)cc(C)c1C. The van der Waals surface area contributed by atoms with Crippen LogP contribution < -0.4 is 10.1 Å². The Kier molecular flexibility index (Phi) is 10.3. The maximum Gasteiger partial charge on any atom is 0.261 e. The molecule has 1 unspecified atom stereocenters. The van der Waals surface area contributed by atoms with Crippen molar-refractivity contribution in [3.63, 3.8) is 0 Å². The number of carbonyl (C=O) groups is 2. The van der Waals surface area contributed by atoms with E-state index in [1.807, 2.05) is 64.1 Å². The Morgan fingerprint density at radius 3 is 2.44 bits per heavy atom. The number of hydrogen-bond donors (Lipinski definition) is 1. The zero-order valence-electron chi connectivity index (χ0n) is 20.2. The van der Waals surface area contributed by atoms with Crippen LogP contribution in [0.25, 0.3) is 0 Å². The second-order valence-corrected chi connectivity index (χ2v) is 8.38. The van der Waals surface area contributed by atoms with E-state index in [2.05, 4.69) is 18.3 Å². The van der Waals surface area contributed by atoms with Crippen LogP contribution in [0.5, 0.6) is 5.75 Å². The fraction of sp³-hybridized carbons (Fsp3) is 0.481. The Balaban J connectivity index is 2.15. The van der Waals surface area contributed by atoms with Crippen LogP contribution in [0.2, 0.25) is 0 Å². The van der Waals surface area contributed by atoms with Crippen LogP contribution in [0, 0.1) is 20.8 Å². The van der Waals surface area contributed by atoms with Gasteiger partial charge in [0.05, 0.1) is 0 Å². The van der Waals surface area contributed by atoms with Crippen molar-refractivity contribution in [1.82, 2.24) is 10.2 Å². The first kappa shape index (κ1) is 25.4. The summed E-state index contributed by atoms with van der Waals surface area (Å²) in [6.07, 6.45) is 3.18. The zero-order chi connectivity index (χ0) is 23.5. The van der Waals surface area contributed by atoms with Crippen molar-refractivity contribution in [3.8, 4) is 5.75 Å². The molecule has 0 saturated heterocycles. The number of ether oxygens (including phenoxy) is 1. The Morgan fingerprint density at radius 2 is 1.78 bits per heavy atom. The molecule has 5 nitrogen and oxygen atoms in total. The Morgan fingerprint density at radius 1 is 1.06 bits per heavy atom. The van der Waals surface area contributed by atoms with Gasteiger partial charge in [0.25, 0.3) is 5.91 Å². The molecule has 1 N–H and O–H groups in total. The van der Waals surface area contributed by atoms with Crippen LogP contribution in [-0.2, 0) is 16.0 Å². The van der Waals surface area contributed by atoms with E-state index in [1.165, 1.54) is 0 Å². The highest BCUT2D eigenvalue weighted by Gasteiger charge is 2.28. The standard InChI is InChI=1S/C27H38N2O3/c1-6-8-15-28-27(31)24(7-2)29(16-14-23-12-10-9-11-13-23)26(30)19-32-25-18-20(3)17-21(4)22(25)5/h9-13,17-18,24H,6-8,14-16,19H2,1-5H3,(H,28,31). The molecule has 0 aliphatic heterocycles. The van der Waals surface area contributed by atoms with E-state index in [4.69, 9.17) is 4.74 Å². The minimum absolute atomic E-state index is 0.0860. The number of aryl methyl sites for hydroxylation is 2. The van der Waals surface area contributed by atoms with Crippen molar-refractivity contribution in [2.24, 2.45) is 0 Å². The minimum Gasteiger partial charge on any atom is -0.483 e. The normalized spacial score (nSPS) is 11.7. The van der Waals surface area contributed by atoms with Gasteiger partial charge in [0.2, 0.25) is 5.91 Å². The first-order valence-corrected chi connectivity index (χ1v) is 11.7. The molecular weight excluding hydrogens is 400 g/mol. The average molecular weight is 439 g/mol. The summed E-state index contributed by atoms with van der Waals surface area (Å²) in [6, 6.07) is 13.6. The summed E-state index contributed by atoms with van der Waals surface area (Å²) in [6.45, 7) is 11.1. The number of nitrogens with one attached hydrogen (secondary N) is 1. The summed E-state index contributed by atoms with van der Waals surface area (Å²) >= 11 is 0. The van der Waals surface area contributed by atoms with E-state index in [0.29, 0.717) is 25.9 Å². The summed E-state index contributed by atoms with van der Waals surface area (Å²) in [5, 5.41) is 2.99. The number of amides is 2. The van der Waals surface area contributed by atoms with Crippen LogP contribution in [0.3, 0.4) is 0 Å². The number of benzene rings is 2. The molecule has 0 heterocycles. The van der Waals surface area contributed by atoms with Gasteiger partial charge < -0.3 is 15.0 Å². The highest BCUT2D eigenvalue weighted by atomic mass is 16.5. The average Bonchev–Trinajstić information content (AvgIpc) is 2.78. The molecule has 0 radical (unpaired) electrons. The molecule has 0 fully saturated rings. The first-order valence-electron chi connectivity index (χ1n) is 11.7. The summed E-state index contributed by atoms with van der Waals surface area (Å²) in [7, 11) is 0. The zero-order valence-corrected chi connectivity index (χ0v) is 20.2. The highest BCUT2D eigenvalue weighted by molar-refractivity contribution is 5.88. The molecule has 0 bridgehead atoms. The predicted molar refractivity (Wildman–Crippen MR) is 130 cm³/mol. The second kappa shape index (κ2) is 12.9. The third-order valence-electron chi connectivity index (χ3n) is 5.81. The van der Waals surface area contributed by atoms with Crippen LogP contribution >= 0.6 is 0 Å². The highest BCUT2D eigenvalue weighted by Crippen LogP contribution is 2.23. The monoisotopic (exact) mass is 438 g/mol. The van der Waals surface area contributed by atoms with Crippen LogP contribution in [-0.4, -0.2) is 42.5 Å². The van der Waals surface area contributed by atoms with Gasteiger partial charge in [-0.3, -0.25) is 9.59 Å². The topological polar surface area (TPSA) is 58.6 Å². The largest absolute Gasteiger partial charge is 0.483 e. The van der Waals surface area contributed by atoms with Gasteiger partial charge >= 0.3 is 0 Å². The third kappa shape index (κ3) is 7.40. The molecule has 0 aromatic heterocycles. The van der Waals surface area contributed by atoms with Gasteiger partial charge in [-0.25, -0.2) is 0 Å². The summed E-state index contributed by atoms with van der Waals surface area (Å²) in [5.74, 6) is 0.459. The van der Waals surface area contributed by atoms with Gasteiger partial charge in [0.1, 0.15) is 11.8 Å². The molecule has 1 atom stereocenters. The number of carbonyl (C=O) groups excluding carboxylic acids is 2. The summed E-state index contributed by atoms with van der Waals surface area (Å²) < 4.78 is 5.94. The predicted octanol–water partition coefficient (Wildman–Crippen LogP) is 4.76. The molecule has 2 amide bonds. The van der Waals surface area contributed by atoms with Crippen LogP contribution in [0.15, 0.2) is 42.5 Å². The van der Waals surface area contributed by atoms with Crippen molar-refractivity contribution in [3.05, 3.63) is 64.7 Å². The maximum absolute atomic E-state index is 13.3. The molecule has 2 aromatic rings. The molecule has 5 heteroatoms. The van der Waals surface area contributed by atoms with E-state index in [9.17, 15) is 9.59 Å². The van der Waals surface area contributed by atoms with E-state index in [0.717, 1.165) is 40.8 Å². The van der Waals surface area contributed by atoms with Crippen LogP contribution in [0.4, 0.5) is 0 Å². The molecule has 2 aromatic carbocycles. The minimum atomic E-state index is -0.507. The van der Waals surface area contributed by atoms with Gasteiger partial charge in [0, 0.05) is 13.1 Å². The lowest BCUT2D eigenvalue weighted by Gasteiger charge is -2.30. The number of rotatable bonds is 12. The quantitative estimate of drug-likeness (QED) is 0.486. The molecule has 0 spiro atoms. The Hall–Kier alpha value is -2.82. The van der Waals surface area contributed by atoms with E-state index < -0.39 is 6.04 Å². The molecule has 0 aliphatic rings. The summed E-state index contributed by atoms with van der Waals surface area (Å²) in [5.41, 5.74) is 4.40. The molecule has 0 saturated carbocycles. The molecule has 0 aliphatic carbocycles. The van der Waals surface area contributed by atoms with Crippen LogP contribution in [0.1, 0.15) is 55.4 Å². The second-order valence-electron chi connectivity index (χ2n) is 8.38. The van der Waals surface area contributed by atoms with Gasteiger partial charge in [-0.15, -0.1) is 0 Å². The third-order valence-corrected chi connectivity index (χ3v) is 5.81. The fourth-order valence-corrected chi connectivity index (χ4v) is 3.78. The van der Waals surface area contributed by atoms with Gasteiger partial charge in [0.15, 0.2) is 6.61 Å². The first-order chi connectivity index (χ1) is 15.4. The van der Waals surface area contributed by atoms with Crippen molar-refractivity contribution in [2.75, 3.05) is 19.7 Å². The Bertz CT molecular complexity index is 880. The lowest BCUT2D eigenvalue weighted by Crippen LogP contribution is -2.51. The fourth-order valence-electron chi connectivity index (χ4n) is 3.78. The van der Waals surface area contributed by atoms with E-state index in [-0.39, 0.29) is 18.4 Å². The number of nitrogens with zero attached hydrogens (tertiary/aromatic N) is 1. The van der Waals surface area contributed by atoms with Crippen molar-refractivity contribution >= 4 is 11.8 Å². The van der Waals surface area contributed by atoms with Crippen molar-refractivity contribution in [2.45, 2.75) is 66.3 Å². The lowest BCUT2D eigenvalue weighted by atomic mass is 10.1. The van der Waals surface area contributed by atoms with Gasteiger partial charge in [-0.05, 0) is 68.4 Å². The van der Waals surface area contributed by atoms with E-state index in [1.54, 1.807) is 4.90 Å². The summed E-state index contributed by atoms with van der Waals surface area (Å²) in [4.78, 5) is 27.8. The molecule has 174 valence electrons.